The van der Waals surface area contributed by atoms with Crippen LogP contribution in [0.25, 0.3) is 11.1 Å². The van der Waals surface area contributed by atoms with Crippen molar-refractivity contribution < 1.29 is 22.7 Å². The molecule has 3 rings (SSSR count). The molecule has 0 spiro atoms. The molecule has 1 aromatic heterocycles. The zero-order chi connectivity index (χ0) is 19.8. The van der Waals surface area contributed by atoms with E-state index in [9.17, 15) is 18.0 Å². The standard InChI is InChI=1S/C20H23F3N2O2/c1-3-4-8-16-18(13-6-5-7-15(11-13)27-20(21,22)23)17(19(24)26)12(2)25(16)14-9-10-14/h5-7,11,14H,3-4,8-10H2,1-2H3,(H2,24,26). The average Bonchev–Trinajstić information content (AvgIpc) is 3.35. The summed E-state index contributed by atoms with van der Waals surface area (Å²) in [6, 6.07) is 6.09. The summed E-state index contributed by atoms with van der Waals surface area (Å²) in [5, 5.41) is 0. The highest BCUT2D eigenvalue weighted by atomic mass is 19.4. The number of nitrogens with zero attached hydrogens (tertiary/aromatic N) is 1. The van der Waals surface area contributed by atoms with E-state index in [1.165, 1.54) is 18.2 Å². The Morgan fingerprint density at radius 3 is 2.59 bits per heavy atom. The molecule has 1 aliphatic rings. The Labute approximate surface area is 156 Å². The topological polar surface area (TPSA) is 57.2 Å². The fourth-order valence-electron chi connectivity index (χ4n) is 3.65. The van der Waals surface area contributed by atoms with Gasteiger partial charge >= 0.3 is 6.36 Å². The predicted molar refractivity (Wildman–Crippen MR) is 96.7 cm³/mol. The van der Waals surface area contributed by atoms with Gasteiger partial charge in [-0.1, -0.05) is 25.5 Å². The average molecular weight is 380 g/mol. The summed E-state index contributed by atoms with van der Waals surface area (Å²) in [5.74, 6) is -0.879. The van der Waals surface area contributed by atoms with Crippen LogP contribution >= 0.6 is 0 Å². The van der Waals surface area contributed by atoms with E-state index in [1.54, 1.807) is 6.07 Å². The Balaban J connectivity index is 2.17. The van der Waals surface area contributed by atoms with Gasteiger partial charge < -0.3 is 15.0 Å². The molecule has 1 fully saturated rings. The first-order valence-corrected chi connectivity index (χ1v) is 9.12. The molecule has 1 aliphatic carbocycles. The quantitative estimate of drug-likeness (QED) is 0.723. The Morgan fingerprint density at radius 2 is 2.04 bits per heavy atom. The number of benzene rings is 1. The van der Waals surface area contributed by atoms with Crippen molar-refractivity contribution >= 4 is 5.91 Å². The van der Waals surface area contributed by atoms with Crippen LogP contribution in [0.2, 0.25) is 0 Å². The van der Waals surface area contributed by atoms with Crippen LogP contribution in [-0.4, -0.2) is 16.8 Å². The lowest BCUT2D eigenvalue weighted by Gasteiger charge is -2.13. The van der Waals surface area contributed by atoms with Crippen LogP contribution in [0, 0.1) is 6.92 Å². The maximum absolute atomic E-state index is 12.6. The van der Waals surface area contributed by atoms with Crippen molar-refractivity contribution in [1.29, 1.82) is 0 Å². The van der Waals surface area contributed by atoms with Crippen molar-refractivity contribution in [2.24, 2.45) is 5.73 Å². The fourth-order valence-corrected chi connectivity index (χ4v) is 3.65. The van der Waals surface area contributed by atoms with Gasteiger partial charge in [0.05, 0.1) is 5.56 Å². The van der Waals surface area contributed by atoms with Crippen LogP contribution in [0.4, 0.5) is 13.2 Å². The molecule has 27 heavy (non-hydrogen) atoms. The molecular formula is C20H23F3N2O2. The predicted octanol–water partition coefficient (Wildman–Crippen LogP) is 5.14. The summed E-state index contributed by atoms with van der Waals surface area (Å²) in [5.41, 5.74) is 8.95. The number of hydrogen-bond donors (Lipinski definition) is 1. The van der Waals surface area contributed by atoms with Crippen molar-refractivity contribution in [3.05, 3.63) is 41.2 Å². The minimum atomic E-state index is -4.77. The van der Waals surface area contributed by atoms with Crippen LogP contribution in [0.5, 0.6) is 5.75 Å². The van der Waals surface area contributed by atoms with Crippen molar-refractivity contribution in [2.75, 3.05) is 0 Å². The van der Waals surface area contributed by atoms with E-state index < -0.39 is 12.3 Å². The summed E-state index contributed by atoms with van der Waals surface area (Å²) in [6.45, 7) is 3.93. The van der Waals surface area contributed by atoms with Crippen LogP contribution in [0.15, 0.2) is 24.3 Å². The highest BCUT2D eigenvalue weighted by molar-refractivity contribution is 6.02. The van der Waals surface area contributed by atoms with E-state index in [2.05, 4.69) is 16.2 Å². The molecule has 1 amide bonds. The first-order valence-electron chi connectivity index (χ1n) is 9.12. The maximum atomic E-state index is 12.6. The van der Waals surface area contributed by atoms with Crippen LogP contribution < -0.4 is 10.5 Å². The Morgan fingerprint density at radius 1 is 1.33 bits per heavy atom. The van der Waals surface area contributed by atoms with Crippen molar-refractivity contribution in [1.82, 2.24) is 4.57 Å². The van der Waals surface area contributed by atoms with Crippen LogP contribution in [-0.2, 0) is 6.42 Å². The summed E-state index contributed by atoms with van der Waals surface area (Å²) >= 11 is 0. The molecule has 2 aromatic rings. The number of ether oxygens (including phenoxy) is 1. The fraction of sp³-hybridized carbons (Fsp3) is 0.450. The minimum Gasteiger partial charge on any atom is -0.406 e. The smallest absolute Gasteiger partial charge is 0.406 e. The minimum absolute atomic E-state index is 0.311. The zero-order valence-electron chi connectivity index (χ0n) is 15.4. The number of alkyl halides is 3. The van der Waals surface area contributed by atoms with Crippen molar-refractivity contribution in [3.8, 4) is 16.9 Å². The second kappa shape index (κ2) is 7.29. The zero-order valence-corrected chi connectivity index (χ0v) is 15.4. The van der Waals surface area contributed by atoms with Crippen LogP contribution in [0.3, 0.4) is 0 Å². The van der Waals surface area contributed by atoms with Crippen LogP contribution in [0.1, 0.15) is 60.4 Å². The van der Waals surface area contributed by atoms with E-state index in [4.69, 9.17) is 5.73 Å². The number of nitrogens with two attached hydrogens (primary N) is 1. The summed E-state index contributed by atoms with van der Waals surface area (Å²) < 4.78 is 44.0. The first-order chi connectivity index (χ1) is 12.7. The highest BCUT2D eigenvalue weighted by Crippen LogP contribution is 2.44. The highest BCUT2D eigenvalue weighted by Gasteiger charge is 2.34. The van der Waals surface area contributed by atoms with Gasteiger partial charge in [-0.25, -0.2) is 0 Å². The Kier molecular flexibility index (Phi) is 5.22. The normalized spacial score (nSPS) is 14.4. The molecule has 0 saturated heterocycles. The van der Waals surface area contributed by atoms with Gasteiger partial charge in [-0.05, 0) is 50.3 Å². The lowest BCUT2D eigenvalue weighted by atomic mass is 9.97. The number of carbonyl (C=O) groups is 1. The van der Waals surface area contributed by atoms with E-state index in [0.717, 1.165) is 43.5 Å². The molecule has 0 aliphatic heterocycles. The van der Waals surface area contributed by atoms with Gasteiger partial charge in [-0.2, -0.15) is 0 Å². The number of aromatic nitrogens is 1. The molecule has 1 heterocycles. The van der Waals surface area contributed by atoms with E-state index in [1.807, 2.05) is 6.92 Å². The molecule has 0 radical (unpaired) electrons. The maximum Gasteiger partial charge on any atom is 0.573 e. The number of hydrogen-bond acceptors (Lipinski definition) is 2. The van der Waals surface area contributed by atoms with Crippen molar-refractivity contribution in [3.63, 3.8) is 0 Å². The largest absolute Gasteiger partial charge is 0.573 e. The lowest BCUT2D eigenvalue weighted by molar-refractivity contribution is -0.274. The molecule has 2 N–H and O–H groups in total. The van der Waals surface area contributed by atoms with Gasteiger partial charge in [-0.15, -0.1) is 13.2 Å². The third kappa shape index (κ3) is 4.12. The summed E-state index contributed by atoms with van der Waals surface area (Å²) in [6.07, 6.45) is -0.0859. The van der Waals surface area contributed by atoms with Gasteiger partial charge in [0.25, 0.3) is 5.91 Å². The van der Waals surface area contributed by atoms with Gasteiger partial charge in [0, 0.05) is 23.0 Å². The van der Waals surface area contributed by atoms with Gasteiger partial charge in [0.15, 0.2) is 0 Å². The van der Waals surface area contributed by atoms with Gasteiger partial charge in [0.2, 0.25) is 0 Å². The third-order valence-corrected chi connectivity index (χ3v) is 4.83. The number of carbonyl (C=O) groups excluding carboxylic acids is 1. The summed E-state index contributed by atoms with van der Waals surface area (Å²) in [4.78, 5) is 12.2. The summed E-state index contributed by atoms with van der Waals surface area (Å²) in [7, 11) is 0. The number of rotatable bonds is 7. The van der Waals surface area contributed by atoms with E-state index in [0.29, 0.717) is 22.7 Å². The Bertz CT molecular complexity index is 852. The second-order valence-corrected chi connectivity index (χ2v) is 6.93. The lowest BCUT2D eigenvalue weighted by Crippen LogP contribution is -2.17. The third-order valence-electron chi connectivity index (χ3n) is 4.83. The van der Waals surface area contributed by atoms with Gasteiger partial charge in [0.1, 0.15) is 5.75 Å². The first kappa shape index (κ1) is 19.3. The molecule has 0 bridgehead atoms. The SMILES string of the molecule is CCCCc1c(-c2cccc(OC(F)(F)F)c2)c(C(N)=O)c(C)n1C1CC1. The van der Waals surface area contributed by atoms with E-state index in [-0.39, 0.29) is 5.75 Å². The monoisotopic (exact) mass is 380 g/mol. The Hall–Kier alpha value is -2.44. The second-order valence-electron chi connectivity index (χ2n) is 6.93. The molecule has 4 nitrogen and oxygen atoms in total. The number of halogens is 3. The number of amides is 1. The molecule has 0 unspecified atom stereocenters. The van der Waals surface area contributed by atoms with Crippen molar-refractivity contribution in [2.45, 2.75) is 58.4 Å². The van der Waals surface area contributed by atoms with Gasteiger partial charge in [-0.3, -0.25) is 4.79 Å². The molecule has 1 aromatic carbocycles. The number of unbranched alkanes of at least 4 members (excludes halogenated alkanes) is 1. The molecule has 0 atom stereocenters. The number of primary amides is 1. The van der Waals surface area contributed by atoms with E-state index >= 15 is 0 Å². The molecule has 7 heteroatoms. The molecule has 146 valence electrons. The molecule has 1 saturated carbocycles. The molecular weight excluding hydrogens is 357 g/mol.